The van der Waals surface area contributed by atoms with Gasteiger partial charge in [0.15, 0.2) is 0 Å². The van der Waals surface area contributed by atoms with Crippen molar-refractivity contribution < 1.29 is 23.9 Å². The third-order valence-corrected chi connectivity index (χ3v) is 4.25. The Hall–Kier alpha value is -1.62. The maximum Gasteiger partial charge on any atom is 0.269 e. The van der Waals surface area contributed by atoms with Gasteiger partial charge in [-0.1, -0.05) is 12.1 Å². The molecule has 1 N–H and O–H groups in total. The number of ether oxygens (including phenoxy) is 4. The molecule has 1 aliphatic heterocycles. The van der Waals surface area contributed by atoms with Gasteiger partial charge in [-0.3, -0.25) is 15.0 Å². The van der Waals surface area contributed by atoms with Gasteiger partial charge in [-0.2, -0.15) is 0 Å². The van der Waals surface area contributed by atoms with E-state index in [9.17, 15) is 10.1 Å². The van der Waals surface area contributed by atoms with Crippen LogP contribution in [-0.4, -0.2) is 88.9 Å². The van der Waals surface area contributed by atoms with Crippen molar-refractivity contribution in [3.8, 4) is 0 Å². The van der Waals surface area contributed by atoms with Crippen LogP contribution in [0.15, 0.2) is 24.3 Å². The molecular weight excluding hydrogens is 366 g/mol. The Morgan fingerprint density at radius 2 is 1.32 bits per heavy atom. The molecule has 0 radical (unpaired) electrons. The second-order valence-electron chi connectivity index (χ2n) is 6.40. The number of nitro groups is 1. The molecule has 1 aromatic rings. The summed E-state index contributed by atoms with van der Waals surface area (Å²) in [6.45, 7) is 8.53. The zero-order chi connectivity index (χ0) is 19.9. The van der Waals surface area contributed by atoms with Gasteiger partial charge in [0, 0.05) is 44.9 Å². The largest absolute Gasteiger partial charge is 0.378 e. The van der Waals surface area contributed by atoms with E-state index in [1.807, 2.05) is 0 Å². The Bertz CT molecular complexity index is 525. The van der Waals surface area contributed by atoms with Crippen molar-refractivity contribution in [2.45, 2.75) is 6.54 Å². The highest BCUT2D eigenvalue weighted by Crippen LogP contribution is 2.13. The summed E-state index contributed by atoms with van der Waals surface area (Å²) < 4.78 is 22.4. The van der Waals surface area contributed by atoms with Gasteiger partial charge in [0.1, 0.15) is 0 Å². The van der Waals surface area contributed by atoms with Crippen molar-refractivity contribution in [1.29, 1.82) is 0 Å². The van der Waals surface area contributed by atoms with Crippen molar-refractivity contribution in [2.24, 2.45) is 0 Å². The molecule has 158 valence electrons. The molecule has 0 amide bonds. The zero-order valence-corrected chi connectivity index (χ0v) is 16.3. The summed E-state index contributed by atoms with van der Waals surface area (Å²) in [4.78, 5) is 12.6. The van der Waals surface area contributed by atoms with E-state index in [2.05, 4.69) is 10.2 Å². The summed E-state index contributed by atoms with van der Waals surface area (Å²) in [5.41, 5.74) is 1.12. The van der Waals surface area contributed by atoms with Crippen molar-refractivity contribution in [1.82, 2.24) is 10.2 Å². The lowest BCUT2D eigenvalue weighted by Crippen LogP contribution is -2.31. The fourth-order valence-corrected chi connectivity index (χ4v) is 2.70. The molecule has 28 heavy (non-hydrogen) atoms. The molecule has 1 aliphatic rings. The summed E-state index contributed by atoms with van der Waals surface area (Å²) in [5.74, 6) is 0. The van der Waals surface area contributed by atoms with Crippen LogP contribution in [0.5, 0.6) is 0 Å². The topological polar surface area (TPSA) is 95.3 Å². The van der Waals surface area contributed by atoms with Crippen molar-refractivity contribution in [3.63, 3.8) is 0 Å². The predicted molar refractivity (Wildman–Crippen MR) is 105 cm³/mol. The fraction of sp³-hybridized carbons (Fsp3) is 0.684. The Morgan fingerprint density at radius 1 is 0.821 bits per heavy atom. The van der Waals surface area contributed by atoms with Crippen molar-refractivity contribution in [2.75, 3.05) is 79.0 Å². The highest BCUT2D eigenvalue weighted by Gasteiger charge is 2.09. The number of nitrogens with one attached hydrogen (secondary N) is 1. The quantitative estimate of drug-likeness (QED) is 0.598. The molecule has 1 fully saturated rings. The maximum absolute atomic E-state index is 10.8. The van der Waals surface area contributed by atoms with Gasteiger partial charge in [0.05, 0.1) is 57.8 Å². The van der Waals surface area contributed by atoms with Gasteiger partial charge in [-0.05, 0) is 5.56 Å². The molecule has 1 heterocycles. The van der Waals surface area contributed by atoms with Gasteiger partial charge in [0.25, 0.3) is 5.69 Å². The number of rotatable bonds is 3. The molecule has 2 rings (SSSR count). The first-order valence-corrected chi connectivity index (χ1v) is 9.73. The molecule has 0 aromatic heterocycles. The number of non-ortho nitro benzene ring substituents is 1. The van der Waals surface area contributed by atoms with E-state index in [4.69, 9.17) is 18.9 Å². The normalized spacial score (nSPS) is 20.1. The van der Waals surface area contributed by atoms with Gasteiger partial charge >= 0.3 is 0 Å². The lowest BCUT2D eigenvalue weighted by Gasteiger charge is -2.22. The van der Waals surface area contributed by atoms with Crippen LogP contribution in [0.3, 0.4) is 0 Å². The van der Waals surface area contributed by atoms with Crippen LogP contribution in [0.25, 0.3) is 0 Å². The van der Waals surface area contributed by atoms with Crippen LogP contribution in [0, 0.1) is 10.1 Å². The second kappa shape index (κ2) is 14.4. The summed E-state index contributed by atoms with van der Waals surface area (Å²) in [6, 6.07) is 6.66. The minimum atomic E-state index is -0.386. The molecule has 9 nitrogen and oxygen atoms in total. The van der Waals surface area contributed by atoms with Gasteiger partial charge in [-0.25, -0.2) is 0 Å². The standard InChI is InChI=1S/C19H31N3O6/c23-22(24)19-3-1-18(2-4-19)17-21-7-11-27-15-13-25-9-5-20-6-10-26-14-16-28-12-8-21/h1-4,20H,5-17H2. The molecule has 1 saturated heterocycles. The van der Waals surface area contributed by atoms with E-state index >= 15 is 0 Å². The molecule has 1 aromatic carbocycles. The van der Waals surface area contributed by atoms with E-state index in [0.29, 0.717) is 59.4 Å². The highest BCUT2D eigenvalue weighted by atomic mass is 16.6. The van der Waals surface area contributed by atoms with Crippen LogP contribution in [0.1, 0.15) is 5.56 Å². The van der Waals surface area contributed by atoms with E-state index in [0.717, 1.165) is 31.7 Å². The first-order chi connectivity index (χ1) is 13.8. The smallest absolute Gasteiger partial charge is 0.269 e. The summed E-state index contributed by atoms with van der Waals surface area (Å²) in [6.07, 6.45) is 0. The monoisotopic (exact) mass is 397 g/mol. The highest BCUT2D eigenvalue weighted by molar-refractivity contribution is 5.32. The number of hydrogen-bond acceptors (Lipinski definition) is 8. The average molecular weight is 397 g/mol. The molecular formula is C19H31N3O6. The minimum Gasteiger partial charge on any atom is -0.378 e. The molecule has 0 aliphatic carbocycles. The van der Waals surface area contributed by atoms with Crippen LogP contribution < -0.4 is 5.32 Å². The first kappa shape index (κ1) is 22.7. The van der Waals surface area contributed by atoms with Gasteiger partial charge in [-0.15, -0.1) is 0 Å². The van der Waals surface area contributed by atoms with Crippen LogP contribution in [0.2, 0.25) is 0 Å². The molecule has 0 unspecified atom stereocenters. The zero-order valence-electron chi connectivity index (χ0n) is 16.3. The Labute approximate surface area is 166 Å². The van der Waals surface area contributed by atoms with E-state index < -0.39 is 0 Å². The summed E-state index contributed by atoms with van der Waals surface area (Å²) in [5, 5.41) is 14.0. The maximum atomic E-state index is 10.8. The molecule has 9 heteroatoms. The van der Waals surface area contributed by atoms with Crippen molar-refractivity contribution >= 4 is 5.69 Å². The Morgan fingerprint density at radius 3 is 1.82 bits per heavy atom. The van der Waals surface area contributed by atoms with Crippen molar-refractivity contribution in [3.05, 3.63) is 39.9 Å². The summed E-state index contributed by atoms with van der Waals surface area (Å²) >= 11 is 0. The van der Waals surface area contributed by atoms with E-state index in [-0.39, 0.29) is 10.6 Å². The Balaban J connectivity index is 1.80. The molecule has 0 spiro atoms. The average Bonchev–Trinajstić information content (AvgIpc) is 2.69. The van der Waals surface area contributed by atoms with Gasteiger partial charge in [0.2, 0.25) is 0 Å². The molecule has 0 atom stereocenters. The third-order valence-electron chi connectivity index (χ3n) is 4.25. The predicted octanol–water partition coefficient (Wildman–Crippen LogP) is 1.07. The lowest BCUT2D eigenvalue weighted by molar-refractivity contribution is -0.384. The molecule has 0 saturated carbocycles. The third kappa shape index (κ3) is 10.1. The molecule has 0 bridgehead atoms. The van der Waals surface area contributed by atoms with Crippen LogP contribution >= 0.6 is 0 Å². The lowest BCUT2D eigenvalue weighted by atomic mass is 10.2. The second-order valence-corrected chi connectivity index (χ2v) is 6.40. The number of nitro benzene ring substituents is 1. The van der Waals surface area contributed by atoms with Crippen LogP contribution in [0.4, 0.5) is 5.69 Å². The van der Waals surface area contributed by atoms with Crippen LogP contribution in [-0.2, 0) is 25.5 Å². The Kier molecular flexibility index (Phi) is 11.6. The van der Waals surface area contributed by atoms with Gasteiger partial charge < -0.3 is 24.3 Å². The SMILES string of the molecule is O=[N+]([O-])c1ccc(CN2CCOCCOCCNCCOCCOCC2)cc1. The minimum absolute atomic E-state index is 0.102. The summed E-state index contributed by atoms with van der Waals surface area (Å²) in [7, 11) is 0. The fourth-order valence-electron chi connectivity index (χ4n) is 2.70. The first-order valence-electron chi connectivity index (χ1n) is 9.73. The number of benzene rings is 1. The van der Waals surface area contributed by atoms with E-state index in [1.54, 1.807) is 12.1 Å². The number of nitrogens with zero attached hydrogens (tertiary/aromatic N) is 2. The number of hydrogen-bond donors (Lipinski definition) is 1. The van der Waals surface area contributed by atoms with E-state index in [1.165, 1.54) is 12.1 Å².